The molecule has 3 heterocycles. The fourth-order valence-corrected chi connectivity index (χ4v) is 5.61. The number of aliphatic hydroxyl groups is 2. The zero-order valence-electron chi connectivity index (χ0n) is 26.3. The van der Waals surface area contributed by atoms with Gasteiger partial charge in [-0.2, -0.15) is 11.8 Å². The fraction of sp³-hybridized carbons (Fsp3) is 0.615. The Labute approximate surface area is 280 Å². The van der Waals surface area contributed by atoms with Crippen LogP contribution in [0.4, 0.5) is 5.82 Å². The minimum atomic E-state index is -1.19. The number of aliphatic imine (C=N–C) groups is 2. The lowest BCUT2D eigenvalue weighted by atomic mass is 10.1. The highest BCUT2D eigenvalue weighted by atomic mass is 32.2. The molecule has 6 atom stereocenters. The number of anilines is 1. The van der Waals surface area contributed by atoms with Crippen LogP contribution in [0.1, 0.15) is 31.9 Å². The lowest BCUT2D eigenvalue weighted by Gasteiger charge is -2.17. The lowest BCUT2D eigenvalue weighted by molar-refractivity contribution is -0.129. The van der Waals surface area contributed by atoms with Gasteiger partial charge in [-0.1, -0.05) is 0 Å². The van der Waals surface area contributed by atoms with E-state index in [2.05, 4.69) is 40.9 Å². The summed E-state index contributed by atoms with van der Waals surface area (Å²) in [7, 11) is 0. The first-order valence-corrected chi connectivity index (χ1v) is 16.3. The highest BCUT2D eigenvalue weighted by Crippen LogP contribution is 2.33. The van der Waals surface area contributed by atoms with E-state index in [9.17, 15) is 24.6 Å². The number of aliphatic hydroxyl groups excluding tert-OH is 2. The second kappa shape index (κ2) is 18.7. The molecule has 48 heavy (non-hydrogen) atoms. The van der Waals surface area contributed by atoms with Crippen LogP contribution >= 0.6 is 11.8 Å². The number of ether oxygens (including phenoxy) is 1. The number of rotatable bonds is 19. The quantitative estimate of drug-likeness (QED) is 0.0372. The molecule has 22 heteroatoms. The molecule has 0 aliphatic carbocycles. The molecule has 0 radical (unpaired) electrons. The molecule has 266 valence electrons. The van der Waals surface area contributed by atoms with E-state index in [4.69, 9.17) is 39.1 Å². The first kappa shape index (κ1) is 37.9. The Hall–Kier alpha value is -4.51. The molecule has 1 saturated heterocycles. The maximum Gasteiger partial charge on any atom is 0.240 e. The number of nitrogens with two attached hydrogens (primary N) is 6. The minimum Gasteiger partial charge on any atom is -0.387 e. The van der Waals surface area contributed by atoms with Crippen LogP contribution in [-0.4, -0.2) is 127 Å². The Morgan fingerprint density at radius 1 is 1.02 bits per heavy atom. The summed E-state index contributed by atoms with van der Waals surface area (Å²) in [6.07, 6.45) is 0.500. The number of nitrogen functional groups attached to an aromatic ring is 1. The summed E-state index contributed by atoms with van der Waals surface area (Å²) in [6, 6.07) is -1.86. The van der Waals surface area contributed by atoms with E-state index in [-0.39, 0.29) is 37.2 Å². The molecular weight excluding hydrogens is 650 g/mol. The molecule has 17 N–H and O–H groups in total. The number of aromatic nitrogens is 4. The molecule has 1 aliphatic heterocycles. The third kappa shape index (κ3) is 11.3. The van der Waals surface area contributed by atoms with Crippen molar-refractivity contribution in [2.45, 2.75) is 62.3 Å². The monoisotopic (exact) mass is 695 g/mol. The zero-order chi connectivity index (χ0) is 35.2. The molecule has 1 fully saturated rings. The van der Waals surface area contributed by atoms with Gasteiger partial charge < -0.3 is 65.3 Å². The summed E-state index contributed by atoms with van der Waals surface area (Å²) in [5.74, 6) is -0.513. The number of thioether (sulfide) groups is 1. The topological polar surface area (TPSA) is 361 Å². The van der Waals surface area contributed by atoms with Gasteiger partial charge in [-0.15, -0.1) is 0 Å². The Morgan fingerprint density at radius 3 is 2.50 bits per heavy atom. The summed E-state index contributed by atoms with van der Waals surface area (Å²) >= 11 is 1.52. The van der Waals surface area contributed by atoms with Crippen molar-refractivity contribution < 1.29 is 29.3 Å². The SMILES string of the molecule is NC(=O)[C@H](CCNC(N)=NCCCSC[C@H]1O[C@@H](n2cnc3c(N)ncnc32)[C@H](O)[C@@H]1O)NC(=O)CNC(=O)[C@@H](N)CCCN=C(N)N. The van der Waals surface area contributed by atoms with Gasteiger partial charge in [-0.05, 0) is 31.4 Å². The van der Waals surface area contributed by atoms with Crippen molar-refractivity contribution in [1.82, 2.24) is 35.5 Å². The number of hydrogen-bond acceptors (Lipinski definition) is 14. The van der Waals surface area contributed by atoms with E-state index >= 15 is 0 Å². The Morgan fingerprint density at radius 2 is 1.77 bits per heavy atom. The molecule has 21 nitrogen and oxygen atoms in total. The van der Waals surface area contributed by atoms with Crippen molar-refractivity contribution in [3.05, 3.63) is 12.7 Å². The highest BCUT2D eigenvalue weighted by molar-refractivity contribution is 7.99. The number of nitrogens with zero attached hydrogens (tertiary/aromatic N) is 6. The molecule has 0 aromatic carbocycles. The van der Waals surface area contributed by atoms with Crippen molar-refractivity contribution in [2.24, 2.45) is 38.7 Å². The van der Waals surface area contributed by atoms with Crippen molar-refractivity contribution in [1.29, 1.82) is 0 Å². The van der Waals surface area contributed by atoms with E-state index in [1.807, 2.05) is 0 Å². The van der Waals surface area contributed by atoms with Gasteiger partial charge in [0, 0.05) is 25.4 Å². The largest absolute Gasteiger partial charge is 0.387 e. The number of fused-ring (bicyclic) bond motifs is 1. The molecule has 3 rings (SSSR count). The number of amides is 3. The Bertz CT molecular complexity index is 1440. The van der Waals surface area contributed by atoms with Gasteiger partial charge in [-0.25, -0.2) is 15.0 Å². The van der Waals surface area contributed by atoms with E-state index in [0.29, 0.717) is 55.0 Å². The summed E-state index contributed by atoms with van der Waals surface area (Å²) in [6.45, 7) is 0.525. The van der Waals surface area contributed by atoms with Gasteiger partial charge in [-0.3, -0.25) is 28.9 Å². The molecule has 2 aromatic heterocycles. The summed E-state index contributed by atoms with van der Waals surface area (Å²) < 4.78 is 7.46. The smallest absolute Gasteiger partial charge is 0.240 e. The van der Waals surface area contributed by atoms with Crippen LogP contribution < -0.4 is 50.4 Å². The molecule has 0 spiro atoms. The minimum absolute atomic E-state index is 0.0544. The Kier molecular flexibility index (Phi) is 14.8. The molecule has 0 bridgehead atoms. The number of carbonyl (C=O) groups is 3. The van der Waals surface area contributed by atoms with Crippen molar-refractivity contribution in [3.63, 3.8) is 0 Å². The average Bonchev–Trinajstić information content (AvgIpc) is 3.60. The lowest BCUT2D eigenvalue weighted by Crippen LogP contribution is -2.51. The normalized spacial score (nSPS) is 20.6. The van der Waals surface area contributed by atoms with Gasteiger partial charge >= 0.3 is 0 Å². The predicted octanol–water partition coefficient (Wildman–Crippen LogP) is -5.09. The molecule has 1 aliphatic rings. The fourth-order valence-electron chi connectivity index (χ4n) is 4.60. The summed E-state index contributed by atoms with van der Waals surface area (Å²) in [5.41, 5.74) is 34.2. The zero-order valence-corrected chi connectivity index (χ0v) is 27.1. The first-order valence-electron chi connectivity index (χ1n) is 15.1. The summed E-state index contributed by atoms with van der Waals surface area (Å²) in [4.78, 5) is 56.5. The maximum absolute atomic E-state index is 12.3. The number of hydrogen-bond donors (Lipinski definition) is 11. The average molecular weight is 696 g/mol. The van der Waals surface area contributed by atoms with Gasteiger partial charge in [0.15, 0.2) is 29.6 Å². The molecule has 2 aromatic rings. The molecule has 3 amide bonds. The van der Waals surface area contributed by atoms with E-state index in [0.717, 1.165) is 0 Å². The van der Waals surface area contributed by atoms with Crippen LogP contribution in [0.5, 0.6) is 0 Å². The van der Waals surface area contributed by atoms with Crippen LogP contribution in [0, 0.1) is 0 Å². The highest BCUT2D eigenvalue weighted by Gasteiger charge is 2.44. The first-order chi connectivity index (χ1) is 22.9. The maximum atomic E-state index is 12.3. The van der Waals surface area contributed by atoms with Crippen molar-refractivity contribution >= 4 is 58.4 Å². The van der Waals surface area contributed by atoms with Crippen molar-refractivity contribution in [3.8, 4) is 0 Å². The second-order valence-electron chi connectivity index (χ2n) is 10.8. The number of imidazole rings is 1. The third-order valence-electron chi connectivity index (χ3n) is 7.15. The standard InChI is InChI=1S/C26H45N15O6S/c27-13(3-1-5-33-25(30)31)23(46)36-9-16(42)40-14(21(29)45)4-7-35-26(32)34-6-2-8-48-10-15-18(43)19(44)24(47-15)41-12-39-17-20(28)37-11-38-22(17)41/h11-15,18-19,24,43-44H,1-10,27H2,(H2,29,45)(H,36,46)(H,40,42)(H2,28,37,38)(H4,30,31,33)(H3,32,34,35)/t13-,14-,15+,18+,19+,24+/m0/s1. The van der Waals surface area contributed by atoms with E-state index < -0.39 is 54.3 Å². The number of nitrogens with one attached hydrogen (secondary N) is 3. The van der Waals surface area contributed by atoms with Crippen LogP contribution in [0.15, 0.2) is 22.6 Å². The van der Waals surface area contributed by atoms with Gasteiger partial charge in [0.25, 0.3) is 0 Å². The summed E-state index contributed by atoms with van der Waals surface area (Å²) in [5, 5.41) is 28.9. The van der Waals surface area contributed by atoms with Crippen LogP contribution in [-0.2, 0) is 19.1 Å². The third-order valence-corrected chi connectivity index (χ3v) is 8.30. The predicted molar refractivity (Wildman–Crippen MR) is 179 cm³/mol. The van der Waals surface area contributed by atoms with Gasteiger partial charge in [0.2, 0.25) is 17.7 Å². The molecule has 0 saturated carbocycles. The number of carbonyl (C=O) groups excluding carboxylic acids is 3. The molecular formula is C26H45N15O6S. The van der Waals surface area contributed by atoms with Gasteiger partial charge in [0.1, 0.15) is 30.1 Å². The molecule has 0 unspecified atom stereocenters. The van der Waals surface area contributed by atoms with Crippen LogP contribution in [0.3, 0.4) is 0 Å². The van der Waals surface area contributed by atoms with E-state index in [1.165, 1.54) is 29.0 Å². The number of primary amides is 1. The Balaban J connectivity index is 1.30. The van der Waals surface area contributed by atoms with Crippen molar-refractivity contribution in [2.75, 3.05) is 43.4 Å². The van der Waals surface area contributed by atoms with Crippen LogP contribution in [0.25, 0.3) is 11.2 Å². The van der Waals surface area contributed by atoms with E-state index in [1.54, 1.807) is 0 Å². The van der Waals surface area contributed by atoms with Crippen LogP contribution in [0.2, 0.25) is 0 Å². The number of guanidine groups is 2. The second-order valence-corrected chi connectivity index (χ2v) is 12.0. The van der Waals surface area contributed by atoms with Gasteiger partial charge in [0.05, 0.1) is 25.0 Å².